The van der Waals surface area contributed by atoms with Crippen LogP contribution in [0.4, 0.5) is 0 Å². The Morgan fingerprint density at radius 1 is 1.26 bits per heavy atom. The largest absolute Gasteiger partial charge is 0.385 e. The molecule has 3 nitrogen and oxygen atoms in total. The number of fused-ring (bicyclic) bond motifs is 1. The van der Waals surface area contributed by atoms with E-state index in [1.54, 1.807) is 6.20 Å². The fourth-order valence-electron chi connectivity index (χ4n) is 2.18. The Labute approximate surface area is 114 Å². The predicted molar refractivity (Wildman–Crippen MR) is 79.1 cm³/mol. The van der Waals surface area contributed by atoms with Crippen molar-refractivity contribution in [1.82, 2.24) is 10.3 Å². The second-order valence-electron chi connectivity index (χ2n) is 5.18. The van der Waals surface area contributed by atoms with E-state index in [-0.39, 0.29) is 0 Å². The minimum absolute atomic E-state index is 0.700. The average molecular weight is 258 g/mol. The number of hydrogen-bond acceptors (Lipinski definition) is 3. The summed E-state index contributed by atoms with van der Waals surface area (Å²) in [7, 11) is 0. The Balaban J connectivity index is 2.12. The van der Waals surface area contributed by atoms with Crippen molar-refractivity contribution in [1.29, 1.82) is 0 Å². The Morgan fingerprint density at radius 2 is 2.11 bits per heavy atom. The number of nitrogens with one attached hydrogen (secondary N) is 1. The van der Waals surface area contributed by atoms with Crippen LogP contribution in [-0.4, -0.2) is 23.2 Å². The van der Waals surface area contributed by atoms with Crippen LogP contribution in [0.5, 0.6) is 0 Å². The van der Waals surface area contributed by atoms with Crippen molar-refractivity contribution in [2.45, 2.75) is 32.3 Å². The molecule has 102 valence electrons. The lowest BCUT2D eigenvalue weighted by atomic mass is 9.91. The van der Waals surface area contributed by atoms with Crippen LogP contribution >= 0.6 is 0 Å². The van der Waals surface area contributed by atoms with Gasteiger partial charge >= 0.3 is 0 Å². The zero-order valence-electron chi connectivity index (χ0n) is 11.7. The van der Waals surface area contributed by atoms with Gasteiger partial charge in [-0.2, -0.15) is 0 Å². The molecule has 1 atom stereocenters. The number of hydrogen-bond donors (Lipinski definition) is 2. The summed E-state index contributed by atoms with van der Waals surface area (Å²) in [4.78, 5) is 4.34. The van der Waals surface area contributed by atoms with Gasteiger partial charge in [-0.25, -0.2) is 0 Å². The number of rotatable bonds is 6. The highest BCUT2D eigenvalue weighted by atomic mass is 16.3. The van der Waals surface area contributed by atoms with Gasteiger partial charge in [0.05, 0.1) is 11.1 Å². The van der Waals surface area contributed by atoms with Gasteiger partial charge in [0.1, 0.15) is 0 Å². The number of nitrogens with zero attached hydrogens (tertiary/aromatic N) is 1. The summed E-state index contributed by atoms with van der Waals surface area (Å²) in [6.07, 6.45) is 3.59. The van der Waals surface area contributed by atoms with Crippen molar-refractivity contribution in [2.24, 2.45) is 0 Å². The summed E-state index contributed by atoms with van der Waals surface area (Å²) in [5.41, 5.74) is 1.05. The molecule has 0 fully saturated rings. The molecule has 0 bridgehead atoms. The smallest absolute Gasteiger partial charge is 0.0881 e. The van der Waals surface area contributed by atoms with Crippen LogP contribution in [-0.2, 0) is 5.60 Å². The van der Waals surface area contributed by atoms with Crippen LogP contribution in [0, 0.1) is 0 Å². The standard InChI is InChI=1S/C16H22N2O/c1-3-9-17-11-8-16(2,19)14-7-6-13-5-4-10-18-15(13)12-14/h4-7,10,12,17,19H,3,8-9,11H2,1-2H3. The lowest BCUT2D eigenvalue weighted by Gasteiger charge is -2.24. The Bertz CT molecular complexity index is 537. The van der Waals surface area contributed by atoms with Crippen LogP contribution in [0.2, 0.25) is 0 Å². The number of pyridine rings is 1. The van der Waals surface area contributed by atoms with Crippen LogP contribution < -0.4 is 5.32 Å². The van der Waals surface area contributed by atoms with Crippen molar-refractivity contribution in [2.75, 3.05) is 13.1 Å². The molecule has 1 aromatic heterocycles. The second-order valence-corrected chi connectivity index (χ2v) is 5.18. The maximum atomic E-state index is 10.6. The minimum Gasteiger partial charge on any atom is -0.385 e. The Hall–Kier alpha value is -1.45. The molecular formula is C16H22N2O. The zero-order chi connectivity index (χ0) is 13.7. The molecule has 0 saturated carbocycles. The fraction of sp³-hybridized carbons (Fsp3) is 0.438. The third-order valence-electron chi connectivity index (χ3n) is 3.44. The van der Waals surface area contributed by atoms with E-state index in [4.69, 9.17) is 0 Å². The molecule has 1 unspecified atom stereocenters. The maximum Gasteiger partial charge on any atom is 0.0881 e. The van der Waals surface area contributed by atoms with Gasteiger partial charge in [-0.1, -0.05) is 25.1 Å². The Kier molecular flexibility index (Phi) is 4.51. The quantitative estimate of drug-likeness (QED) is 0.783. The van der Waals surface area contributed by atoms with Gasteiger partial charge in [-0.3, -0.25) is 4.98 Å². The molecule has 2 aromatic rings. The first kappa shape index (κ1) is 14.0. The molecule has 0 radical (unpaired) electrons. The highest BCUT2D eigenvalue weighted by molar-refractivity contribution is 5.79. The van der Waals surface area contributed by atoms with E-state index in [0.717, 1.165) is 36.0 Å². The first-order chi connectivity index (χ1) is 9.13. The van der Waals surface area contributed by atoms with Crippen LogP contribution in [0.15, 0.2) is 36.5 Å². The average Bonchev–Trinajstić information content (AvgIpc) is 2.43. The third kappa shape index (κ3) is 3.52. The number of aliphatic hydroxyl groups is 1. The van der Waals surface area contributed by atoms with Crippen molar-refractivity contribution >= 4 is 10.9 Å². The molecule has 0 amide bonds. The summed E-state index contributed by atoms with van der Waals surface area (Å²) in [5.74, 6) is 0. The van der Waals surface area contributed by atoms with Gasteiger partial charge in [-0.05, 0) is 50.6 Å². The molecular weight excluding hydrogens is 236 g/mol. The first-order valence-electron chi connectivity index (χ1n) is 6.92. The van der Waals surface area contributed by atoms with Gasteiger partial charge in [0.25, 0.3) is 0 Å². The van der Waals surface area contributed by atoms with Gasteiger partial charge < -0.3 is 10.4 Å². The minimum atomic E-state index is -0.813. The van der Waals surface area contributed by atoms with Crippen LogP contribution in [0.25, 0.3) is 10.9 Å². The van der Waals surface area contributed by atoms with E-state index in [1.807, 2.05) is 37.3 Å². The molecule has 0 aliphatic carbocycles. The third-order valence-corrected chi connectivity index (χ3v) is 3.44. The first-order valence-corrected chi connectivity index (χ1v) is 6.92. The highest BCUT2D eigenvalue weighted by Crippen LogP contribution is 2.26. The second kappa shape index (κ2) is 6.13. The SMILES string of the molecule is CCCNCCC(C)(O)c1ccc2cccnc2c1. The summed E-state index contributed by atoms with van der Waals surface area (Å²) in [6, 6.07) is 9.95. The van der Waals surface area contributed by atoms with E-state index >= 15 is 0 Å². The molecule has 0 aliphatic heterocycles. The number of benzene rings is 1. The Morgan fingerprint density at radius 3 is 2.89 bits per heavy atom. The predicted octanol–water partition coefficient (Wildman–Crippen LogP) is 2.83. The molecule has 19 heavy (non-hydrogen) atoms. The molecule has 0 spiro atoms. The molecule has 1 heterocycles. The molecule has 0 aliphatic rings. The summed E-state index contributed by atoms with van der Waals surface area (Å²) < 4.78 is 0. The monoisotopic (exact) mass is 258 g/mol. The molecule has 2 N–H and O–H groups in total. The van der Waals surface area contributed by atoms with Crippen LogP contribution in [0.3, 0.4) is 0 Å². The van der Waals surface area contributed by atoms with E-state index in [2.05, 4.69) is 17.2 Å². The van der Waals surface area contributed by atoms with Crippen molar-refractivity contribution in [3.8, 4) is 0 Å². The van der Waals surface area contributed by atoms with Crippen LogP contribution in [0.1, 0.15) is 32.3 Å². The maximum absolute atomic E-state index is 10.6. The molecule has 1 aromatic carbocycles. The van der Waals surface area contributed by atoms with Gasteiger partial charge in [-0.15, -0.1) is 0 Å². The van der Waals surface area contributed by atoms with Gasteiger partial charge in [0, 0.05) is 11.6 Å². The van der Waals surface area contributed by atoms with Crippen molar-refractivity contribution < 1.29 is 5.11 Å². The number of aromatic nitrogens is 1. The van der Waals surface area contributed by atoms with E-state index in [9.17, 15) is 5.11 Å². The molecule has 2 rings (SSSR count). The van der Waals surface area contributed by atoms with Gasteiger partial charge in [0.2, 0.25) is 0 Å². The van der Waals surface area contributed by atoms with E-state index in [0.29, 0.717) is 6.42 Å². The molecule has 3 heteroatoms. The van der Waals surface area contributed by atoms with E-state index < -0.39 is 5.60 Å². The summed E-state index contributed by atoms with van der Waals surface area (Å²) in [5, 5.41) is 15.0. The van der Waals surface area contributed by atoms with Crippen molar-refractivity contribution in [3.63, 3.8) is 0 Å². The lowest BCUT2D eigenvalue weighted by Crippen LogP contribution is -2.28. The van der Waals surface area contributed by atoms with Crippen molar-refractivity contribution in [3.05, 3.63) is 42.1 Å². The fourth-order valence-corrected chi connectivity index (χ4v) is 2.18. The van der Waals surface area contributed by atoms with E-state index in [1.165, 1.54) is 0 Å². The van der Waals surface area contributed by atoms with Gasteiger partial charge in [0.15, 0.2) is 0 Å². The molecule has 0 saturated heterocycles. The zero-order valence-corrected chi connectivity index (χ0v) is 11.7. The lowest BCUT2D eigenvalue weighted by molar-refractivity contribution is 0.0482. The summed E-state index contributed by atoms with van der Waals surface area (Å²) >= 11 is 0. The normalized spacial score (nSPS) is 14.5. The summed E-state index contributed by atoms with van der Waals surface area (Å²) in [6.45, 7) is 5.82. The topological polar surface area (TPSA) is 45.1 Å². The highest BCUT2D eigenvalue weighted by Gasteiger charge is 2.22.